The summed E-state index contributed by atoms with van der Waals surface area (Å²) in [5.41, 5.74) is -0.929. The summed E-state index contributed by atoms with van der Waals surface area (Å²) in [4.78, 5) is 13.0. The molecule has 0 bridgehead atoms. The first-order chi connectivity index (χ1) is 8.32. The molecule has 0 aliphatic carbocycles. The van der Waals surface area contributed by atoms with Crippen molar-refractivity contribution in [2.24, 2.45) is 0 Å². The van der Waals surface area contributed by atoms with Crippen LogP contribution in [0.25, 0.3) is 0 Å². The zero-order valence-electron chi connectivity index (χ0n) is 10.3. The molecule has 1 atom stereocenters. The van der Waals surface area contributed by atoms with E-state index in [2.05, 4.69) is 4.74 Å². The monoisotopic (exact) mass is 269 g/mol. The molecule has 1 rings (SSSR count). The normalized spacial score (nSPS) is 25.6. The molecule has 7 heteroatoms. The summed E-state index contributed by atoms with van der Waals surface area (Å²) in [6.07, 6.45) is -2.60. The Balaban J connectivity index is 2.44. The summed E-state index contributed by atoms with van der Waals surface area (Å²) in [6, 6.07) is 0. The second kappa shape index (κ2) is 5.88. The molecule has 1 N–H and O–H groups in total. The van der Waals surface area contributed by atoms with E-state index in [0.29, 0.717) is 19.4 Å². The number of likely N-dealkylation sites (tertiary alicyclic amines) is 1. The van der Waals surface area contributed by atoms with Crippen LogP contribution >= 0.6 is 0 Å². The number of carboxylic acid groups (broad SMARTS) is 1. The van der Waals surface area contributed by atoms with Gasteiger partial charge in [-0.15, -0.1) is 0 Å². The fraction of sp³-hybridized carbons (Fsp3) is 0.909. The number of alkyl halides is 3. The number of carboxylic acids is 1. The SMILES string of the molecule is CCC1(C(=O)O)CCCN1CCOCC(F)(F)F. The van der Waals surface area contributed by atoms with Gasteiger partial charge in [-0.25, -0.2) is 0 Å². The Bertz CT molecular complexity index is 296. The standard InChI is InChI=1S/C11H18F3NO3/c1-2-10(9(16)17)4-3-5-15(10)6-7-18-8-11(12,13)14/h2-8H2,1H3,(H,16,17). The van der Waals surface area contributed by atoms with E-state index in [1.165, 1.54) is 0 Å². The van der Waals surface area contributed by atoms with Crippen LogP contribution < -0.4 is 0 Å². The Hall–Kier alpha value is -0.820. The van der Waals surface area contributed by atoms with E-state index in [0.717, 1.165) is 6.42 Å². The molecule has 0 spiro atoms. The van der Waals surface area contributed by atoms with Gasteiger partial charge in [0.2, 0.25) is 0 Å². The number of carbonyl (C=O) groups is 1. The number of ether oxygens (including phenoxy) is 1. The number of hydrogen-bond donors (Lipinski definition) is 1. The van der Waals surface area contributed by atoms with E-state index in [-0.39, 0.29) is 13.2 Å². The summed E-state index contributed by atoms with van der Waals surface area (Å²) >= 11 is 0. The maximum Gasteiger partial charge on any atom is 0.411 e. The molecule has 1 fully saturated rings. The van der Waals surface area contributed by atoms with Crippen LogP contribution in [-0.2, 0) is 9.53 Å². The molecule has 1 aliphatic rings. The first-order valence-corrected chi connectivity index (χ1v) is 5.95. The van der Waals surface area contributed by atoms with Gasteiger partial charge < -0.3 is 9.84 Å². The first kappa shape index (κ1) is 15.2. The highest BCUT2D eigenvalue weighted by atomic mass is 19.4. The van der Waals surface area contributed by atoms with E-state index in [1.807, 2.05) is 0 Å². The molecule has 106 valence electrons. The molecule has 4 nitrogen and oxygen atoms in total. The van der Waals surface area contributed by atoms with Crippen LogP contribution in [-0.4, -0.2) is 54.0 Å². The predicted molar refractivity (Wildman–Crippen MR) is 58.3 cm³/mol. The van der Waals surface area contributed by atoms with Crippen LogP contribution in [0.1, 0.15) is 26.2 Å². The van der Waals surface area contributed by atoms with Crippen molar-refractivity contribution >= 4 is 5.97 Å². The first-order valence-electron chi connectivity index (χ1n) is 5.95. The predicted octanol–water partition coefficient (Wildman–Crippen LogP) is 1.89. The topological polar surface area (TPSA) is 49.8 Å². The van der Waals surface area contributed by atoms with E-state index < -0.39 is 24.3 Å². The zero-order valence-corrected chi connectivity index (χ0v) is 10.3. The van der Waals surface area contributed by atoms with Crippen molar-refractivity contribution in [1.29, 1.82) is 0 Å². The maximum absolute atomic E-state index is 11.9. The fourth-order valence-corrected chi connectivity index (χ4v) is 2.42. The molecular formula is C11H18F3NO3. The second-order valence-corrected chi connectivity index (χ2v) is 4.45. The van der Waals surface area contributed by atoms with Crippen molar-refractivity contribution < 1.29 is 27.8 Å². The zero-order chi connectivity index (χ0) is 13.8. The van der Waals surface area contributed by atoms with E-state index in [4.69, 9.17) is 0 Å². The molecular weight excluding hydrogens is 251 g/mol. The van der Waals surface area contributed by atoms with Gasteiger partial charge in [-0.3, -0.25) is 9.69 Å². The Kier molecular flexibility index (Phi) is 4.98. The van der Waals surface area contributed by atoms with Crippen molar-refractivity contribution in [1.82, 2.24) is 4.90 Å². The van der Waals surface area contributed by atoms with E-state index in [1.54, 1.807) is 11.8 Å². The summed E-state index contributed by atoms with van der Waals surface area (Å²) in [7, 11) is 0. The third-order valence-electron chi connectivity index (χ3n) is 3.38. The third-order valence-corrected chi connectivity index (χ3v) is 3.38. The molecule has 1 saturated heterocycles. The number of rotatable bonds is 6. The molecule has 1 heterocycles. The Morgan fingerprint density at radius 3 is 2.67 bits per heavy atom. The molecule has 0 aromatic carbocycles. The smallest absolute Gasteiger partial charge is 0.411 e. The van der Waals surface area contributed by atoms with Gasteiger partial charge in [-0.1, -0.05) is 6.92 Å². The summed E-state index contributed by atoms with van der Waals surface area (Å²) in [6.45, 7) is 1.20. The highest BCUT2D eigenvalue weighted by Gasteiger charge is 2.45. The molecule has 1 unspecified atom stereocenters. The van der Waals surface area contributed by atoms with Crippen LogP contribution in [0.3, 0.4) is 0 Å². The summed E-state index contributed by atoms with van der Waals surface area (Å²) in [5.74, 6) is -0.904. The van der Waals surface area contributed by atoms with Crippen molar-refractivity contribution in [2.45, 2.75) is 37.9 Å². The summed E-state index contributed by atoms with van der Waals surface area (Å²) in [5, 5.41) is 9.26. The van der Waals surface area contributed by atoms with Crippen LogP contribution in [0.5, 0.6) is 0 Å². The van der Waals surface area contributed by atoms with Gasteiger partial charge >= 0.3 is 12.1 Å². The number of nitrogens with zero attached hydrogens (tertiary/aromatic N) is 1. The van der Waals surface area contributed by atoms with Crippen molar-refractivity contribution in [3.63, 3.8) is 0 Å². The highest BCUT2D eigenvalue weighted by molar-refractivity contribution is 5.79. The number of aliphatic carboxylic acids is 1. The minimum absolute atomic E-state index is 0.103. The molecule has 0 aromatic rings. The second-order valence-electron chi connectivity index (χ2n) is 4.45. The Morgan fingerprint density at radius 2 is 2.17 bits per heavy atom. The number of hydrogen-bond acceptors (Lipinski definition) is 3. The lowest BCUT2D eigenvalue weighted by atomic mass is 9.93. The highest BCUT2D eigenvalue weighted by Crippen LogP contribution is 2.32. The third kappa shape index (κ3) is 3.58. The van der Waals surface area contributed by atoms with Crippen molar-refractivity contribution in [3.8, 4) is 0 Å². The average molecular weight is 269 g/mol. The van der Waals surface area contributed by atoms with Crippen LogP contribution in [0.15, 0.2) is 0 Å². The Morgan fingerprint density at radius 1 is 1.50 bits per heavy atom. The van der Waals surface area contributed by atoms with Gasteiger partial charge in [0.05, 0.1) is 6.61 Å². The largest absolute Gasteiger partial charge is 0.480 e. The minimum Gasteiger partial charge on any atom is -0.480 e. The Labute approximate surface area is 104 Å². The minimum atomic E-state index is -4.33. The molecule has 0 amide bonds. The maximum atomic E-state index is 11.9. The van der Waals surface area contributed by atoms with Crippen LogP contribution in [0.4, 0.5) is 13.2 Å². The molecule has 0 saturated carbocycles. The van der Waals surface area contributed by atoms with Crippen LogP contribution in [0.2, 0.25) is 0 Å². The number of halogens is 3. The van der Waals surface area contributed by atoms with Gasteiger partial charge in [-0.2, -0.15) is 13.2 Å². The van der Waals surface area contributed by atoms with Crippen LogP contribution in [0, 0.1) is 0 Å². The van der Waals surface area contributed by atoms with Gasteiger partial charge in [0.15, 0.2) is 0 Å². The quantitative estimate of drug-likeness (QED) is 0.748. The molecule has 0 aromatic heterocycles. The van der Waals surface area contributed by atoms with Gasteiger partial charge in [0.1, 0.15) is 12.1 Å². The van der Waals surface area contributed by atoms with Crippen molar-refractivity contribution in [2.75, 3.05) is 26.3 Å². The fourth-order valence-electron chi connectivity index (χ4n) is 2.42. The lowest BCUT2D eigenvalue weighted by molar-refractivity contribution is -0.176. The summed E-state index contributed by atoms with van der Waals surface area (Å²) < 4.78 is 40.1. The molecule has 0 radical (unpaired) electrons. The van der Waals surface area contributed by atoms with Gasteiger partial charge in [0, 0.05) is 6.54 Å². The van der Waals surface area contributed by atoms with Crippen molar-refractivity contribution in [3.05, 3.63) is 0 Å². The van der Waals surface area contributed by atoms with E-state index >= 15 is 0 Å². The lowest BCUT2D eigenvalue weighted by Gasteiger charge is -2.33. The lowest BCUT2D eigenvalue weighted by Crippen LogP contribution is -2.51. The average Bonchev–Trinajstić information content (AvgIpc) is 2.67. The van der Waals surface area contributed by atoms with E-state index in [9.17, 15) is 23.1 Å². The molecule has 18 heavy (non-hydrogen) atoms. The molecule has 1 aliphatic heterocycles. The van der Waals surface area contributed by atoms with Gasteiger partial charge in [-0.05, 0) is 25.8 Å². The van der Waals surface area contributed by atoms with Gasteiger partial charge in [0.25, 0.3) is 0 Å².